The van der Waals surface area contributed by atoms with Gasteiger partial charge in [0.05, 0.1) is 13.2 Å². The summed E-state index contributed by atoms with van der Waals surface area (Å²) in [7, 11) is -4.18. The molecule has 2 rings (SSSR count). The van der Waals surface area contributed by atoms with Crippen molar-refractivity contribution < 1.29 is 27.2 Å². The molecule has 1 aromatic rings. The molecule has 6 nitrogen and oxygen atoms in total. The van der Waals surface area contributed by atoms with Crippen LogP contribution in [0.4, 0.5) is 0 Å². The molecule has 1 unspecified atom stereocenters. The van der Waals surface area contributed by atoms with Crippen molar-refractivity contribution in [2.24, 2.45) is 0 Å². The molecule has 1 N–H and O–H groups in total. The minimum atomic E-state index is -4.18. The minimum Gasteiger partial charge on any atom is -0.493 e. The summed E-state index contributed by atoms with van der Waals surface area (Å²) in [6, 6.07) is 4.59. The summed E-state index contributed by atoms with van der Waals surface area (Å²) in [5, 5.41) is 7.44. The SMILES string of the molecule is CCOS(=O)(=O)C(C(=O)O)c1ccc2c(c1)CCO2. The van der Waals surface area contributed by atoms with Gasteiger partial charge in [0.2, 0.25) is 5.25 Å². The van der Waals surface area contributed by atoms with E-state index in [-0.39, 0.29) is 12.2 Å². The fourth-order valence-corrected chi connectivity index (χ4v) is 3.23. The molecular formula is C12H14O6S. The summed E-state index contributed by atoms with van der Waals surface area (Å²) in [4.78, 5) is 11.2. The van der Waals surface area contributed by atoms with Crippen LogP contribution < -0.4 is 4.74 Å². The van der Waals surface area contributed by atoms with Gasteiger partial charge in [-0.25, -0.2) is 0 Å². The predicted molar refractivity (Wildman–Crippen MR) is 66.6 cm³/mol. The Labute approximate surface area is 111 Å². The third kappa shape index (κ3) is 2.71. The van der Waals surface area contributed by atoms with Gasteiger partial charge in [-0.1, -0.05) is 6.07 Å². The zero-order valence-corrected chi connectivity index (χ0v) is 11.1. The van der Waals surface area contributed by atoms with Gasteiger partial charge >= 0.3 is 5.97 Å². The van der Waals surface area contributed by atoms with E-state index in [2.05, 4.69) is 4.18 Å². The second-order valence-corrected chi connectivity index (χ2v) is 5.78. The summed E-state index contributed by atoms with van der Waals surface area (Å²) < 4.78 is 33.6. The number of rotatable bonds is 5. The van der Waals surface area contributed by atoms with Crippen LogP contribution in [0.3, 0.4) is 0 Å². The van der Waals surface area contributed by atoms with E-state index in [0.29, 0.717) is 18.8 Å². The number of carboxylic acids is 1. The van der Waals surface area contributed by atoms with Crippen LogP contribution >= 0.6 is 0 Å². The second-order valence-electron chi connectivity index (χ2n) is 4.08. The van der Waals surface area contributed by atoms with Gasteiger partial charge < -0.3 is 9.84 Å². The van der Waals surface area contributed by atoms with E-state index in [4.69, 9.17) is 9.84 Å². The molecule has 0 fully saturated rings. The number of aliphatic carboxylic acids is 1. The van der Waals surface area contributed by atoms with Gasteiger partial charge in [-0.2, -0.15) is 8.42 Å². The molecule has 0 amide bonds. The summed E-state index contributed by atoms with van der Waals surface area (Å²) in [5.74, 6) is -0.783. The van der Waals surface area contributed by atoms with Crippen molar-refractivity contribution in [3.63, 3.8) is 0 Å². The van der Waals surface area contributed by atoms with E-state index in [1.54, 1.807) is 12.1 Å². The van der Waals surface area contributed by atoms with Gasteiger partial charge in [0, 0.05) is 6.42 Å². The van der Waals surface area contributed by atoms with Crippen LogP contribution in [0, 0.1) is 0 Å². The van der Waals surface area contributed by atoms with E-state index >= 15 is 0 Å². The third-order valence-corrected chi connectivity index (χ3v) is 4.43. The van der Waals surface area contributed by atoms with Crippen LogP contribution in [0.1, 0.15) is 23.3 Å². The van der Waals surface area contributed by atoms with Crippen molar-refractivity contribution in [2.45, 2.75) is 18.6 Å². The lowest BCUT2D eigenvalue weighted by Crippen LogP contribution is -2.24. The van der Waals surface area contributed by atoms with Gasteiger partial charge in [-0.15, -0.1) is 0 Å². The first-order valence-electron chi connectivity index (χ1n) is 5.82. The lowest BCUT2D eigenvalue weighted by Gasteiger charge is -2.14. The number of carbonyl (C=O) groups is 1. The van der Waals surface area contributed by atoms with Crippen molar-refractivity contribution in [1.82, 2.24) is 0 Å². The smallest absolute Gasteiger partial charge is 0.329 e. The number of carboxylic acid groups (broad SMARTS) is 1. The number of benzene rings is 1. The number of hydrogen-bond acceptors (Lipinski definition) is 5. The zero-order chi connectivity index (χ0) is 14.0. The van der Waals surface area contributed by atoms with Crippen molar-refractivity contribution >= 4 is 16.1 Å². The average Bonchev–Trinajstić information content (AvgIpc) is 2.75. The van der Waals surface area contributed by atoms with E-state index in [9.17, 15) is 13.2 Å². The van der Waals surface area contributed by atoms with Crippen LogP contribution in [0.15, 0.2) is 18.2 Å². The molecule has 0 radical (unpaired) electrons. The van der Waals surface area contributed by atoms with Gasteiger partial charge in [-0.05, 0) is 30.2 Å². The summed E-state index contributed by atoms with van der Waals surface area (Å²) in [6.45, 7) is 1.92. The maximum atomic E-state index is 11.8. The van der Waals surface area contributed by atoms with Crippen LogP contribution in [0.2, 0.25) is 0 Å². The molecule has 1 heterocycles. The molecule has 0 aliphatic carbocycles. The molecule has 1 aromatic carbocycles. The first-order chi connectivity index (χ1) is 8.95. The molecule has 1 aliphatic rings. The molecule has 19 heavy (non-hydrogen) atoms. The molecule has 0 bridgehead atoms. The van der Waals surface area contributed by atoms with E-state index in [0.717, 1.165) is 5.56 Å². The predicted octanol–water partition coefficient (Wildman–Crippen LogP) is 1.11. The highest BCUT2D eigenvalue weighted by atomic mass is 32.2. The monoisotopic (exact) mass is 286 g/mol. The highest BCUT2D eigenvalue weighted by molar-refractivity contribution is 7.87. The first kappa shape index (κ1) is 13.8. The maximum absolute atomic E-state index is 11.8. The summed E-state index contributed by atoms with van der Waals surface area (Å²) in [6.07, 6.45) is 0.643. The van der Waals surface area contributed by atoms with Crippen LogP contribution in [0.5, 0.6) is 5.75 Å². The van der Waals surface area contributed by atoms with E-state index < -0.39 is 21.3 Å². The molecule has 1 atom stereocenters. The van der Waals surface area contributed by atoms with E-state index in [1.165, 1.54) is 13.0 Å². The Bertz CT molecular complexity index is 592. The molecule has 0 saturated carbocycles. The van der Waals surface area contributed by atoms with Crippen molar-refractivity contribution in [2.75, 3.05) is 13.2 Å². The fourth-order valence-electron chi connectivity index (χ4n) is 2.03. The topological polar surface area (TPSA) is 89.9 Å². The Morgan fingerprint density at radius 3 is 2.89 bits per heavy atom. The standard InChI is InChI=1S/C12H14O6S/c1-2-18-19(15,16)11(12(13)14)9-3-4-10-8(7-9)5-6-17-10/h3-4,7,11H,2,5-6H2,1H3,(H,13,14). The Balaban J connectivity index is 2.43. The normalized spacial score (nSPS) is 15.6. The first-order valence-corrected chi connectivity index (χ1v) is 7.29. The zero-order valence-electron chi connectivity index (χ0n) is 10.3. The lowest BCUT2D eigenvalue weighted by molar-refractivity contribution is -0.136. The molecule has 104 valence electrons. The molecule has 0 saturated heterocycles. The molecule has 0 spiro atoms. The maximum Gasteiger partial charge on any atom is 0.329 e. The molecule has 1 aliphatic heterocycles. The van der Waals surface area contributed by atoms with Gasteiger partial charge in [0.25, 0.3) is 10.1 Å². The summed E-state index contributed by atoms with van der Waals surface area (Å²) >= 11 is 0. The van der Waals surface area contributed by atoms with Crippen molar-refractivity contribution in [1.29, 1.82) is 0 Å². The number of fused-ring (bicyclic) bond motifs is 1. The Kier molecular flexibility index (Phi) is 3.77. The Hall–Kier alpha value is -1.60. The average molecular weight is 286 g/mol. The highest BCUT2D eigenvalue weighted by Gasteiger charge is 2.35. The second kappa shape index (κ2) is 5.18. The largest absolute Gasteiger partial charge is 0.493 e. The molecule has 7 heteroatoms. The fraction of sp³-hybridized carbons (Fsp3) is 0.417. The third-order valence-electron chi connectivity index (χ3n) is 2.81. The van der Waals surface area contributed by atoms with Crippen molar-refractivity contribution in [3.05, 3.63) is 29.3 Å². The lowest BCUT2D eigenvalue weighted by atomic mass is 10.1. The van der Waals surface area contributed by atoms with E-state index in [1.807, 2.05) is 0 Å². The van der Waals surface area contributed by atoms with Gasteiger partial charge in [0.1, 0.15) is 5.75 Å². The van der Waals surface area contributed by atoms with Crippen LogP contribution in [-0.4, -0.2) is 32.7 Å². The van der Waals surface area contributed by atoms with Crippen LogP contribution in [0.25, 0.3) is 0 Å². The van der Waals surface area contributed by atoms with Crippen molar-refractivity contribution in [3.8, 4) is 5.75 Å². The van der Waals surface area contributed by atoms with Gasteiger partial charge in [0.15, 0.2) is 0 Å². The highest BCUT2D eigenvalue weighted by Crippen LogP contribution is 2.31. The quantitative estimate of drug-likeness (QED) is 0.816. The van der Waals surface area contributed by atoms with Crippen LogP contribution in [-0.2, 0) is 25.5 Å². The molecular weight excluding hydrogens is 272 g/mol. The number of hydrogen-bond donors (Lipinski definition) is 1. The van der Waals surface area contributed by atoms with Gasteiger partial charge in [-0.3, -0.25) is 8.98 Å². The number of ether oxygens (including phenoxy) is 1. The Morgan fingerprint density at radius 1 is 1.53 bits per heavy atom. The minimum absolute atomic E-state index is 0.0971. The Morgan fingerprint density at radius 2 is 2.26 bits per heavy atom. The molecule has 0 aromatic heterocycles. The summed E-state index contributed by atoms with van der Waals surface area (Å²) in [5.41, 5.74) is 1.00.